The maximum Gasteiger partial charge on any atom is 0.418 e. The molecule has 0 radical (unpaired) electrons. The molecule has 1 aromatic heterocycles. The molecule has 0 fully saturated rings. The molecule has 3 rings (SSSR count). The number of carbonyl (C=O) groups excluding carboxylic acids is 2. The van der Waals surface area contributed by atoms with Crippen LogP contribution in [0.4, 0.5) is 10.5 Å². The van der Waals surface area contributed by atoms with Gasteiger partial charge in [0.2, 0.25) is 5.91 Å². The Morgan fingerprint density at radius 3 is 2.69 bits per heavy atom. The van der Waals surface area contributed by atoms with Crippen molar-refractivity contribution in [2.24, 2.45) is 0 Å². The van der Waals surface area contributed by atoms with Crippen LogP contribution in [0.5, 0.6) is 0 Å². The van der Waals surface area contributed by atoms with Crippen LogP contribution < -0.4 is 5.32 Å². The first-order valence-electron chi connectivity index (χ1n) is 8.56. The van der Waals surface area contributed by atoms with Gasteiger partial charge in [0.05, 0.1) is 11.3 Å². The van der Waals surface area contributed by atoms with Crippen LogP contribution in [0, 0.1) is 0 Å². The molecular formula is C20H24N2O4. The molecule has 1 amide bonds. The Balaban J connectivity index is 2.03. The van der Waals surface area contributed by atoms with Gasteiger partial charge in [-0.2, -0.15) is 0 Å². The Bertz CT molecular complexity index is 859. The molecule has 2 heterocycles. The Hall–Kier alpha value is -2.60. The zero-order valence-electron chi connectivity index (χ0n) is 15.8. The molecule has 0 spiro atoms. The Kier molecular flexibility index (Phi) is 4.40. The lowest BCUT2D eigenvalue weighted by atomic mass is 9.93. The second kappa shape index (κ2) is 6.29. The van der Waals surface area contributed by atoms with E-state index in [0.717, 1.165) is 16.8 Å². The number of fused-ring (bicyclic) bond motifs is 1. The largest absolute Gasteiger partial charge is 0.443 e. The molecule has 2 aromatic rings. The average molecular weight is 356 g/mol. The van der Waals surface area contributed by atoms with Crippen LogP contribution in [-0.2, 0) is 19.9 Å². The van der Waals surface area contributed by atoms with Gasteiger partial charge in [0.25, 0.3) is 0 Å². The first kappa shape index (κ1) is 18.2. The van der Waals surface area contributed by atoms with E-state index in [9.17, 15) is 9.59 Å². The summed E-state index contributed by atoms with van der Waals surface area (Å²) in [5, 5.41) is 2.86. The molecule has 1 aliphatic heterocycles. The summed E-state index contributed by atoms with van der Waals surface area (Å²) in [4.78, 5) is 24.3. The molecular weight excluding hydrogens is 332 g/mol. The second-order valence-corrected chi connectivity index (χ2v) is 7.85. The monoisotopic (exact) mass is 356 g/mol. The number of ether oxygens (including phenoxy) is 2. The van der Waals surface area contributed by atoms with Gasteiger partial charge >= 0.3 is 6.09 Å². The van der Waals surface area contributed by atoms with Crippen molar-refractivity contribution >= 4 is 17.7 Å². The number of hydrogen-bond donors (Lipinski definition) is 1. The van der Waals surface area contributed by atoms with Gasteiger partial charge in [-0.3, -0.25) is 9.36 Å². The van der Waals surface area contributed by atoms with Gasteiger partial charge < -0.3 is 14.8 Å². The topological polar surface area (TPSA) is 69.6 Å². The molecule has 0 bridgehead atoms. The Morgan fingerprint density at radius 1 is 1.27 bits per heavy atom. The highest BCUT2D eigenvalue weighted by atomic mass is 16.6. The smallest absolute Gasteiger partial charge is 0.418 e. The summed E-state index contributed by atoms with van der Waals surface area (Å²) >= 11 is 0. The highest BCUT2D eigenvalue weighted by Gasteiger charge is 2.30. The normalized spacial score (nSPS) is 16.4. The van der Waals surface area contributed by atoms with E-state index >= 15 is 0 Å². The SMILES string of the molecule is CC(C)(C)OC(=O)n1cccc1-c1ccc2c(c1)C(C)(C)OCC(=O)N2. The maximum absolute atomic E-state index is 12.5. The van der Waals surface area contributed by atoms with E-state index in [4.69, 9.17) is 9.47 Å². The third-order valence-corrected chi connectivity index (χ3v) is 4.14. The summed E-state index contributed by atoms with van der Waals surface area (Å²) < 4.78 is 12.7. The van der Waals surface area contributed by atoms with Crippen molar-refractivity contribution in [2.75, 3.05) is 11.9 Å². The van der Waals surface area contributed by atoms with Crippen LogP contribution in [0.2, 0.25) is 0 Å². The molecule has 0 saturated heterocycles. The van der Waals surface area contributed by atoms with Gasteiger partial charge in [-0.05, 0) is 64.4 Å². The highest BCUT2D eigenvalue weighted by Crippen LogP contribution is 2.36. The first-order valence-corrected chi connectivity index (χ1v) is 8.56. The second-order valence-electron chi connectivity index (χ2n) is 7.85. The summed E-state index contributed by atoms with van der Waals surface area (Å²) in [7, 11) is 0. The van der Waals surface area contributed by atoms with Crippen LogP contribution in [0.3, 0.4) is 0 Å². The van der Waals surface area contributed by atoms with E-state index < -0.39 is 17.3 Å². The summed E-state index contributed by atoms with van der Waals surface area (Å²) in [6.45, 7) is 9.34. The molecule has 138 valence electrons. The van der Waals surface area contributed by atoms with Crippen LogP contribution >= 0.6 is 0 Å². The predicted octanol–water partition coefficient (Wildman–Crippen LogP) is 4.14. The number of hydrogen-bond acceptors (Lipinski definition) is 4. The molecule has 0 saturated carbocycles. The summed E-state index contributed by atoms with van der Waals surface area (Å²) in [5.41, 5.74) is 1.93. The number of aromatic nitrogens is 1. The highest BCUT2D eigenvalue weighted by molar-refractivity contribution is 5.94. The van der Waals surface area contributed by atoms with E-state index in [2.05, 4.69) is 5.32 Å². The number of benzene rings is 1. The molecule has 0 unspecified atom stereocenters. The van der Waals surface area contributed by atoms with Crippen molar-refractivity contribution < 1.29 is 19.1 Å². The van der Waals surface area contributed by atoms with Crippen LogP contribution in [0.25, 0.3) is 11.3 Å². The number of amides is 1. The lowest BCUT2D eigenvalue weighted by molar-refractivity contribution is -0.125. The molecule has 6 heteroatoms. The van der Waals surface area contributed by atoms with E-state index in [1.807, 2.05) is 58.9 Å². The van der Waals surface area contributed by atoms with Gasteiger partial charge in [-0.1, -0.05) is 6.07 Å². The fourth-order valence-corrected chi connectivity index (χ4v) is 2.91. The van der Waals surface area contributed by atoms with Crippen molar-refractivity contribution in [1.82, 2.24) is 4.57 Å². The van der Waals surface area contributed by atoms with Gasteiger partial charge in [-0.25, -0.2) is 4.79 Å². The number of anilines is 1. The summed E-state index contributed by atoms with van der Waals surface area (Å²) in [6, 6.07) is 9.31. The first-order chi connectivity index (χ1) is 12.1. The minimum Gasteiger partial charge on any atom is -0.443 e. The van der Waals surface area contributed by atoms with E-state index in [0.29, 0.717) is 5.69 Å². The number of carbonyl (C=O) groups is 2. The van der Waals surface area contributed by atoms with E-state index in [1.165, 1.54) is 4.57 Å². The summed E-state index contributed by atoms with van der Waals surface area (Å²) in [6.07, 6.45) is 1.25. The van der Waals surface area contributed by atoms with Crippen molar-refractivity contribution in [3.8, 4) is 11.3 Å². The molecule has 6 nitrogen and oxygen atoms in total. The van der Waals surface area contributed by atoms with Crippen LogP contribution in [0.15, 0.2) is 36.5 Å². The standard InChI is InChI=1S/C20H24N2O4/c1-19(2,3)26-18(24)22-10-6-7-16(22)13-8-9-15-14(11-13)20(4,5)25-12-17(23)21-15/h6-11H,12H2,1-5H3,(H,21,23). The fourth-order valence-electron chi connectivity index (χ4n) is 2.91. The zero-order valence-corrected chi connectivity index (χ0v) is 15.8. The van der Waals surface area contributed by atoms with E-state index in [-0.39, 0.29) is 12.5 Å². The van der Waals surface area contributed by atoms with Crippen molar-refractivity contribution in [2.45, 2.75) is 45.8 Å². The quantitative estimate of drug-likeness (QED) is 0.834. The Labute approximate surface area is 153 Å². The predicted molar refractivity (Wildman–Crippen MR) is 99.1 cm³/mol. The van der Waals surface area contributed by atoms with Gasteiger partial charge in [0.1, 0.15) is 12.2 Å². The summed E-state index contributed by atoms with van der Waals surface area (Å²) in [5.74, 6) is -0.179. The van der Waals surface area contributed by atoms with Gasteiger partial charge in [-0.15, -0.1) is 0 Å². The maximum atomic E-state index is 12.5. The zero-order chi connectivity index (χ0) is 19.1. The molecule has 1 aromatic carbocycles. The minimum absolute atomic E-state index is 0.00526. The molecule has 1 N–H and O–H groups in total. The van der Waals surface area contributed by atoms with Crippen molar-refractivity contribution in [3.63, 3.8) is 0 Å². The van der Waals surface area contributed by atoms with Crippen molar-refractivity contribution in [1.29, 1.82) is 0 Å². The average Bonchev–Trinajstić information content (AvgIpc) is 2.97. The van der Waals surface area contributed by atoms with Crippen LogP contribution in [0.1, 0.15) is 40.2 Å². The molecule has 1 aliphatic rings. The fraction of sp³-hybridized carbons (Fsp3) is 0.400. The number of nitrogens with one attached hydrogen (secondary N) is 1. The van der Waals surface area contributed by atoms with Gasteiger partial charge in [0.15, 0.2) is 0 Å². The third-order valence-electron chi connectivity index (χ3n) is 4.14. The van der Waals surface area contributed by atoms with Crippen molar-refractivity contribution in [3.05, 3.63) is 42.1 Å². The molecule has 26 heavy (non-hydrogen) atoms. The molecule has 0 aliphatic carbocycles. The Morgan fingerprint density at radius 2 is 2.00 bits per heavy atom. The lowest BCUT2D eigenvalue weighted by Crippen LogP contribution is -2.27. The minimum atomic E-state index is -0.631. The number of nitrogens with zero attached hydrogens (tertiary/aromatic N) is 1. The van der Waals surface area contributed by atoms with Crippen LogP contribution in [-0.4, -0.2) is 28.8 Å². The lowest BCUT2D eigenvalue weighted by Gasteiger charge is -2.25. The van der Waals surface area contributed by atoms with E-state index in [1.54, 1.807) is 12.3 Å². The number of rotatable bonds is 1. The molecule has 0 atom stereocenters. The van der Waals surface area contributed by atoms with Gasteiger partial charge in [0, 0.05) is 17.4 Å². The third kappa shape index (κ3) is 3.65.